The van der Waals surface area contributed by atoms with Gasteiger partial charge in [-0.25, -0.2) is 13.2 Å². The molecule has 1 amide bonds. The zero-order chi connectivity index (χ0) is 22.4. The van der Waals surface area contributed by atoms with Gasteiger partial charge in [-0.3, -0.25) is 4.79 Å². The summed E-state index contributed by atoms with van der Waals surface area (Å²) in [6.07, 6.45) is 5.51. The third kappa shape index (κ3) is 5.96. The molecule has 1 fully saturated rings. The molecule has 0 bridgehead atoms. The lowest BCUT2D eigenvalue weighted by Gasteiger charge is -2.26. The first-order chi connectivity index (χ1) is 14.8. The Hall–Kier alpha value is -2.62. The Morgan fingerprint density at radius 2 is 1.97 bits per heavy atom. The maximum Gasteiger partial charge on any atom is 0.331 e. The topological polar surface area (TPSA) is 106 Å². The van der Waals surface area contributed by atoms with Gasteiger partial charge in [0, 0.05) is 19.2 Å². The van der Waals surface area contributed by atoms with Crippen molar-refractivity contribution in [3.63, 3.8) is 0 Å². The summed E-state index contributed by atoms with van der Waals surface area (Å²) in [4.78, 5) is 24.4. The molecule has 1 aliphatic heterocycles. The lowest BCUT2D eigenvalue weighted by Crippen LogP contribution is -2.35. The lowest BCUT2D eigenvalue weighted by atomic mass is 10.2. The predicted molar refractivity (Wildman–Crippen MR) is 116 cm³/mol. The summed E-state index contributed by atoms with van der Waals surface area (Å²) in [5.74, 6) is -0.909. The van der Waals surface area contributed by atoms with Gasteiger partial charge in [-0.1, -0.05) is 18.0 Å². The molecule has 2 heterocycles. The van der Waals surface area contributed by atoms with Gasteiger partial charge in [0.15, 0.2) is 6.10 Å². The monoisotopic (exact) mass is 466 g/mol. The van der Waals surface area contributed by atoms with Crippen molar-refractivity contribution in [1.82, 2.24) is 4.31 Å². The van der Waals surface area contributed by atoms with Crippen LogP contribution in [0.3, 0.4) is 0 Å². The van der Waals surface area contributed by atoms with Crippen molar-refractivity contribution in [2.75, 3.05) is 18.4 Å². The van der Waals surface area contributed by atoms with Crippen LogP contribution in [0.5, 0.6) is 0 Å². The minimum Gasteiger partial charge on any atom is -0.465 e. The number of anilines is 1. The van der Waals surface area contributed by atoms with Gasteiger partial charge in [0.05, 0.1) is 21.9 Å². The van der Waals surface area contributed by atoms with Gasteiger partial charge in [0.2, 0.25) is 10.0 Å². The molecule has 1 saturated heterocycles. The molecular formula is C21H23ClN2O6S. The van der Waals surface area contributed by atoms with Crippen molar-refractivity contribution in [2.24, 2.45) is 0 Å². The minimum absolute atomic E-state index is 0.0418. The van der Waals surface area contributed by atoms with Gasteiger partial charge in [-0.2, -0.15) is 4.31 Å². The van der Waals surface area contributed by atoms with Crippen molar-refractivity contribution in [3.05, 3.63) is 53.5 Å². The van der Waals surface area contributed by atoms with Crippen molar-refractivity contribution >= 4 is 45.3 Å². The Morgan fingerprint density at radius 3 is 2.65 bits per heavy atom. The Balaban J connectivity index is 1.66. The summed E-state index contributed by atoms with van der Waals surface area (Å²) < 4.78 is 37.3. The molecular weight excluding hydrogens is 444 g/mol. The van der Waals surface area contributed by atoms with Gasteiger partial charge < -0.3 is 14.5 Å². The van der Waals surface area contributed by atoms with E-state index in [1.54, 1.807) is 12.1 Å². The fourth-order valence-electron chi connectivity index (χ4n) is 3.05. The normalized spacial score (nSPS) is 16.2. The molecule has 31 heavy (non-hydrogen) atoms. The minimum atomic E-state index is -3.69. The summed E-state index contributed by atoms with van der Waals surface area (Å²) in [6.45, 7) is 2.33. The molecule has 0 aliphatic carbocycles. The Bertz CT molecular complexity index is 1060. The summed E-state index contributed by atoms with van der Waals surface area (Å²) in [6, 6.07) is 7.47. The molecule has 0 saturated carbocycles. The summed E-state index contributed by atoms with van der Waals surface area (Å²) >= 11 is 6.14. The maximum atomic E-state index is 12.9. The fourth-order valence-corrected chi connectivity index (χ4v) is 4.76. The van der Waals surface area contributed by atoms with Gasteiger partial charge in [0.25, 0.3) is 5.91 Å². The van der Waals surface area contributed by atoms with E-state index in [1.165, 1.54) is 41.8 Å². The van der Waals surface area contributed by atoms with E-state index in [9.17, 15) is 18.0 Å². The number of nitrogens with one attached hydrogen (secondary N) is 1. The average Bonchev–Trinajstić information content (AvgIpc) is 3.28. The Labute approximate surface area is 185 Å². The second-order valence-electron chi connectivity index (χ2n) is 7.02. The number of hydrogen-bond acceptors (Lipinski definition) is 6. The van der Waals surface area contributed by atoms with Gasteiger partial charge >= 0.3 is 5.97 Å². The van der Waals surface area contributed by atoms with Crippen LogP contribution < -0.4 is 5.32 Å². The standard InChI is InChI=1S/C21H23ClN2O6S/c1-15(30-20(25)10-7-16-6-5-13-29-16)21(26)23-19-14-17(8-9-18(19)22)31(27,28)24-11-3-2-4-12-24/h5-10,13-15H,2-4,11-12H2,1H3,(H,23,26). The second kappa shape index (κ2) is 10.1. The van der Waals surface area contributed by atoms with Gasteiger partial charge in [-0.05, 0) is 56.2 Å². The number of rotatable bonds is 7. The molecule has 3 rings (SSSR count). The molecule has 1 aromatic carbocycles. The zero-order valence-corrected chi connectivity index (χ0v) is 18.5. The average molecular weight is 467 g/mol. The molecule has 1 atom stereocenters. The largest absolute Gasteiger partial charge is 0.465 e. The first kappa shape index (κ1) is 23.1. The molecule has 166 valence electrons. The summed E-state index contributed by atoms with van der Waals surface area (Å²) in [5.41, 5.74) is 0.124. The SMILES string of the molecule is CC(OC(=O)C=Cc1ccco1)C(=O)Nc1cc(S(=O)(=O)N2CCCCC2)ccc1Cl. The molecule has 1 aromatic heterocycles. The smallest absolute Gasteiger partial charge is 0.331 e. The van der Waals surface area contributed by atoms with E-state index in [1.807, 2.05) is 0 Å². The van der Waals surface area contributed by atoms with Crippen LogP contribution in [-0.4, -0.2) is 43.8 Å². The summed E-state index contributed by atoms with van der Waals surface area (Å²) in [7, 11) is -3.69. The number of piperidine rings is 1. The van der Waals surface area contributed by atoms with E-state index in [-0.39, 0.29) is 15.6 Å². The van der Waals surface area contributed by atoms with E-state index in [2.05, 4.69) is 5.32 Å². The van der Waals surface area contributed by atoms with Crippen LogP contribution in [0.1, 0.15) is 31.9 Å². The first-order valence-corrected chi connectivity index (χ1v) is 11.6. The van der Waals surface area contributed by atoms with Crippen LogP contribution in [0.2, 0.25) is 5.02 Å². The number of hydrogen-bond donors (Lipinski definition) is 1. The Kier molecular flexibility index (Phi) is 7.53. The van der Waals surface area contributed by atoms with Crippen LogP contribution in [0.25, 0.3) is 6.08 Å². The number of amides is 1. The molecule has 0 spiro atoms. The van der Waals surface area contributed by atoms with Crippen LogP contribution in [-0.2, 0) is 24.3 Å². The third-order valence-electron chi connectivity index (χ3n) is 4.74. The first-order valence-electron chi connectivity index (χ1n) is 9.80. The Morgan fingerprint density at radius 1 is 1.23 bits per heavy atom. The highest BCUT2D eigenvalue weighted by atomic mass is 35.5. The van der Waals surface area contributed by atoms with Crippen LogP contribution in [0.15, 0.2) is 52.0 Å². The van der Waals surface area contributed by atoms with E-state index in [4.69, 9.17) is 20.8 Å². The number of carbonyl (C=O) groups is 2. The number of esters is 1. The number of ether oxygens (including phenoxy) is 1. The number of nitrogens with zero attached hydrogens (tertiary/aromatic N) is 1. The molecule has 2 aromatic rings. The van der Waals surface area contributed by atoms with Crippen LogP contribution in [0.4, 0.5) is 5.69 Å². The fraction of sp³-hybridized carbons (Fsp3) is 0.333. The quantitative estimate of drug-likeness (QED) is 0.492. The third-order valence-corrected chi connectivity index (χ3v) is 6.96. The van der Waals surface area contributed by atoms with E-state index in [0.29, 0.717) is 18.8 Å². The summed E-state index contributed by atoms with van der Waals surface area (Å²) in [5, 5.41) is 2.70. The van der Waals surface area contributed by atoms with Crippen LogP contribution >= 0.6 is 11.6 Å². The number of carbonyl (C=O) groups excluding carboxylic acids is 2. The second-order valence-corrected chi connectivity index (χ2v) is 9.37. The van der Waals surface area contributed by atoms with Crippen molar-refractivity contribution in [1.29, 1.82) is 0 Å². The van der Waals surface area contributed by atoms with Crippen molar-refractivity contribution in [3.8, 4) is 0 Å². The predicted octanol–water partition coefficient (Wildman–Crippen LogP) is 3.69. The van der Waals surface area contributed by atoms with Crippen LogP contribution in [0, 0.1) is 0 Å². The zero-order valence-electron chi connectivity index (χ0n) is 16.9. The molecule has 1 unspecified atom stereocenters. The van der Waals surface area contributed by atoms with E-state index in [0.717, 1.165) is 25.3 Å². The van der Waals surface area contributed by atoms with E-state index >= 15 is 0 Å². The molecule has 8 nitrogen and oxygen atoms in total. The lowest BCUT2D eigenvalue weighted by molar-refractivity contribution is -0.148. The number of benzene rings is 1. The number of furan rings is 1. The maximum absolute atomic E-state index is 12.9. The van der Waals surface area contributed by atoms with Crippen molar-refractivity contribution in [2.45, 2.75) is 37.2 Å². The van der Waals surface area contributed by atoms with Crippen molar-refractivity contribution < 1.29 is 27.2 Å². The highest BCUT2D eigenvalue weighted by Gasteiger charge is 2.27. The van der Waals surface area contributed by atoms with Gasteiger partial charge in [-0.15, -0.1) is 0 Å². The molecule has 1 aliphatic rings. The highest BCUT2D eigenvalue weighted by Crippen LogP contribution is 2.28. The number of halogens is 1. The number of sulfonamides is 1. The molecule has 0 radical (unpaired) electrons. The van der Waals surface area contributed by atoms with Gasteiger partial charge in [0.1, 0.15) is 5.76 Å². The molecule has 1 N–H and O–H groups in total. The highest BCUT2D eigenvalue weighted by molar-refractivity contribution is 7.89. The van der Waals surface area contributed by atoms with E-state index < -0.39 is 28.0 Å². The molecule has 10 heteroatoms.